The molecule has 0 heterocycles. The molecule has 4 heteroatoms. The molecule has 0 saturated carbocycles. The first-order valence-electron chi connectivity index (χ1n) is 5.84. The van der Waals surface area contributed by atoms with Gasteiger partial charge in [0.1, 0.15) is 6.42 Å². The van der Waals surface area contributed by atoms with E-state index in [4.69, 9.17) is 5.11 Å². The fourth-order valence-electron chi connectivity index (χ4n) is 1.82. The molecule has 0 saturated heterocycles. The second-order valence-corrected chi connectivity index (χ2v) is 4.59. The van der Waals surface area contributed by atoms with Crippen molar-refractivity contribution in [3.8, 4) is 0 Å². The zero-order valence-electron chi connectivity index (χ0n) is 10.9. The maximum absolute atomic E-state index is 11.8. The first-order chi connectivity index (χ1) is 7.31. The third-order valence-corrected chi connectivity index (χ3v) is 3.05. The van der Waals surface area contributed by atoms with Gasteiger partial charge in [-0.1, -0.05) is 20.3 Å². The van der Waals surface area contributed by atoms with Crippen LogP contribution < -0.4 is 0 Å². The van der Waals surface area contributed by atoms with Crippen LogP contribution in [0.2, 0.25) is 0 Å². The first kappa shape index (κ1) is 14.9. The Kier molecular flexibility index (Phi) is 6.08. The molecule has 16 heavy (non-hydrogen) atoms. The van der Waals surface area contributed by atoms with Crippen molar-refractivity contribution < 1.29 is 14.7 Å². The number of hydrogen-bond donors (Lipinski definition) is 1. The van der Waals surface area contributed by atoms with E-state index in [1.54, 1.807) is 4.90 Å². The van der Waals surface area contributed by atoms with Gasteiger partial charge in [-0.3, -0.25) is 9.59 Å². The van der Waals surface area contributed by atoms with Crippen molar-refractivity contribution in [2.45, 2.75) is 59.5 Å². The van der Waals surface area contributed by atoms with Crippen LogP contribution in [0.15, 0.2) is 0 Å². The molecule has 0 aromatic rings. The highest BCUT2D eigenvalue weighted by Gasteiger charge is 2.27. The lowest BCUT2D eigenvalue weighted by Gasteiger charge is -2.36. The van der Waals surface area contributed by atoms with Gasteiger partial charge in [0.25, 0.3) is 0 Å². The molecule has 1 amide bonds. The number of carboxylic acid groups (broad SMARTS) is 1. The minimum absolute atomic E-state index is 0.0378. The minimum Gasteiger partial charge on any atom is -0.481 e. The van der Waals surface area contributed by atoms with Gasteiger partial charge in [-0.2, -0.15) is 0 Å². The third kappa shape index (κ3) is 4.21. The second kappa shape index (κ2) is 6.51. The predicted octanol–water partition coefficient (Wildman–Crippen LogP) is 2.13. The molecule has 94 valence electrons. The summed E-state index contributed by atoms with van der Waals surface area (Å²) in [7, 11) is 0. The van der Waals surface area contributed by atoms with Gasteiger partial charge in [0, 0.05) is 12.1 Å². The van der Waals surface area contributed by atoms with Crippen molar-refractivity contribution in [3.63, 3.8) is 0 Å². The van der Waals surface area contributed by atoms with Crippen LogP contribution in [0.1, 0.15) is 47.5 Å². The van der Waals surface area contributed by atoms with Gasteiger partial charge in [-0.25, -0.2) is 0 Å². The van der Waals surface area contributed by atoms with Gasteiger partial charge < -0.3 is 10.0 Å². The molecule has 2 atom stereocenters. The molecular weight excluding hydrogens is 206 g/mol. The maximum Gasteiger partial charge on any atom is 0.312 e. The molecule has 0 unspecified atom stereocenters. The van der Waals surface area contributed by atoms with Crippen LogP contribution in [0, 0.1) is 5.92 Å². The Bertz CT molecular complexity index is 251. The Morgan fingerprint density at radius 1 is 1.19 bits per heavy atom. The first-order valence-corrected chi connectivity index (χ1v) is 5.84. The van der Waals surface area contributed by atoms with Gasteiger partial charge in [0.15, 0.2) is 0 Å². The van der Waals surface area contributed by atoms with Crippen molar-refractivity contribution in [2.75, 3.05) is 0 Å². The minimum atomic E-state index is -1.06. The molecule has 1 N–H and O–H groups in total. The van der Waals surface area contributed by atoms with E-state index in [0.29, 0.717) is 5.92 Å². The maximum atomic E-state index is 11.8. The summed E-state index contributed by atoms with van der Waals surface area (Å²) >= 11 is 0. The topological polar surface area (TPSA) is 57.6 Å². The average molecular weight is 229 g/mol. The summed E-state index contributed by atoms with van der Waals surface area (Å²) in [5.41, 5.74) is 0. The smallest absolute Gasteiger partial charge is 0.312 e. The summed E-state index contributed by atoms with van der Waals surface area (Å²) in [5.74, 6) is -0.984. The summed E-state index contributed by atoms with van der Waals surface area (Å²) in [6.45, 7) is 9.96. The fourth-order valence-corrected chi connectivity index (χ4v) is 1.82. The predicted molar refractivity (Wildman–Crippen MR) is 63.2 cm³/mol. The lowest BCUT2D eigenvalue weighted by Crippen LogP contribution is -2.46. The average Bonchev–Trinajstić information content (AvgIpc) is 2.14. The van der Waals surface area contributed by atoms with E-state index < -0.39 is 12.4 Å². The molecule has 0 aromatic carbocycles. The Hall–Kier alpha value is -1.06. The van der Waals surface area contributed by atoms with E-state index in [-0.39, 0.29) is 18.0 Å². The van der Waals surface area contributed by atoms with Gasteiger partial charge in [0.05, 0.1) is 0 Å². The van der Waals surface area contributed by atoms with Crippen molar-refractivity contribution in [2.24, 2.45) is 5.92 Å². The van der Waals surface area contributed by atoms with Gasteiger partial charge in [0.2, 0.25) is 5.91 Å². The van der Waals surface area contributed by atoms with Crippen LogP contribution in [0.3, 0.4) is 0 Å². The van der Waals surface area contributed by atoms with Crippen molar-refractivity contribution in [1.82, 2.24) is 4.90 Å². The summed E-state index contributed by atoms with van der Waals surface area (Å²) in [4.78, 5) is 24.0. The quantitative estimate of drug-likeness (QED) is 0.710. The highest BCUT2D eigenvalue weighted by molar-refractivity contribution is 5.93. The lowest BCUT2D eigenvalue weighted by atomic mass is 9.98. The lowest BCUT2D eigenvalue weighted by molar-refractivity contribution is -0.146. The van der Waals surface area contributed by atoms with Crippen LogP contribution in [-0.2, 0) is 9.59 Å². The molecule has 0 bridgehead atoms. The number of nitrogens with zero attached hydrogens (tertiary/aromatic N) is 1. The van der Waals surface area contributed by atoms with Gasteiger partial charge in [-0.15, -0.1) is 0 Å². The zero-order valence-corrected chi connectivity index (χ0v) is 10.9. The molecule has 0 aliphatic carbocycles. The molecule has 0 fully saturated rings. The van der Waals surface area contributed by atoms with Crippen molar-refractivity contribution in [1.29, 1.82) is 0 Å². The molecule has 0 aromatic heterocycles. The van der Waals surface area contributed by atoms with E-state index in [1.165, 1.54) is 0 Å². The van der Waals surface area contributed by atoms with Crippen molar-refractivity contribution >= 4 is 11.9 Å². The van der Waals surface area contributed by atoms with Crippen LogP contribution in [-0.4, -0.2) is 34.0 Å². The normalized spacial score (nSPS) is 14.6. The molecule has 0 spiro atoms. The Morgan fingerprint density at radius 2 is 1.69 bits per heavy atom. The largest absolute Gasteiger partial charge is 0.481 e. The number of hydrogen-bond acceptors (Lipinski definition) is 2. The van der Waals surface area contributed by atoms with Gasteiger partial charge in [-0.05, 0) is 26.7 Å². The van der Waals surface area contributed by atoms with E-state index in [9.17, 15) is 9.59 Å². The van der Waals surface area contributed by atoms with Crippen LogP contribution >= 0.6 is 0 Å². The molecule has 0 radical (unpaired) electrons. The second-order valence-electron chi connectivity index (χ2n) is 4.59. The monoisotopic (exact) mass is 229 g/mol. The van der Waals surface area contributed by atoms with E-state index in [0.717, 1.165) is 6.42 Å². The zero-order chi connectivity index (χ0) is 12.9. The molecule has 0 aliphatic heterocycles. The number of carbonyl (C=O) groups is 2. The number of carbonyl (C=O) groups excluding carboxylic acids is 1. The third-order valence-electron chi connectivity index (χ3n) is 3.05. The van der Waals surface area contributed by atoms with Crippen molar-refractivity contribution in [3.05, 3.63) is 0 Å². The van der Waals surface area contributed by atoms with Crippen LogP contribution in [0.25, 0.3) is 0 Å². The molecule has 4 nitrogen and oxygen atoms in total. The molecular formula is C12H23NO3. The number of carboxylic acids is 1. The van der Waals surface area contributed by atoms with E-state index in [2.05, 4.69) is 13.8 Å². The van der Waals surface area contributed by atoms with Crippen LogP contribution in [0.5, 0.6) is 0 Å². The summed E-state index contributed by atoms with van der Waals surface area (Å²) in [5, 5.41) is 8.64. The number of rotatable bonds is 6. The number of aliphatic carboxylic acids is 1. The summed E-state index contributed by atoms with van der Waals surface area (Å²) < 4.78 is 0. The highest BCUT2D eigenvalue weighted by Crippen LogP contribution is 2.18. The Labute approximate surface area is 97.6 Å². The number of amides is 1. The fraction of sp³-hybridized carbons (Fsp3) is 0.833. The highest BCUT2D eigenvalue weighted by atomic mass is 16.4. The van der Waals surface area contributed by atoms with E-state index >= 15 is 0 Å². The summed E-state index contributed by atoms with van der Waals surface area (Å²) in [6.07, 6.45) is 0.559. The summed E-state index contributed by atoms with van der Waals surface area (Å²) in [6, 6.07) is 0.118. The Balaban J connectivity index is 4.72. The van der Waals surface area contributed by atoms with E-state index in [1.807, 2.05) is 20.8 Å². The standard InChI is InChI=1S/C12H23NO3/c1-6-9(4)10(5)13(8(2)3)11(14)7-12(15)16/h8-10H,6-7H2,1-5H3,(H,15,16)/t9-,10+/m0/s1. The van der Waals surface area contributed by atoms with Gasteiger partial charge >= 0.3 is 5.97 Å². The molecule has 0 rings (SSSR count). The Morgan fingerprint density at radius 3 is 2.00 bits per heavy atom. The SMILES string of the molecule is CC[C@H](C)[C@@H](C)N(C(=O)CC(=O)O)C(C)C. The molecule has 0 aliphatic rings. The van der Waals surface area contributed by atoms with Crippen LogP contribution in [0.4, 0.5) is 0 Å².